The molecule has 0 spiro atoms. The highest BCUT2D eigenvalue weighted by Crippen LogP contribution is 2.38. The Bertz CT molecular complexity index is 579. The molecule has 19 heavy (non-hydrogen) atoms. The van der Waals surface area contributed by atoms with Crippen molar-refractivity contribution in [2.24, 2.45) is 0 Å². The molecule has 1 N–H and O–H groups in total. The predicted molar refractivity (Wildman–Crippen MR) is 81.4 cm³/mol. The van der Waals surface area contributed by atoms with Crippen molar-refractivity contribution in [3.63, 3.8) is 0 Å². The maximum Gasteiger partial charge on any atom is 0.0586 e. The third kappa shape index (κ3) is 2.75. The minimum Gasteiger partial charge on any atom is -0.393 e. The molecule has 2 unspecified atom stereocenters. The van der Waals surface area contributed by atoms with Crippen LogP contribution in [0.15, 0.2) is 53.0 Å². The maximum atomic E-state index is 10.3. The van der Waals surface area contributed by atoms with Crippen LogP contribution >= 0.6 is 15.9 Å². The van der Waals surface area contributed by atoms with E-state index < -0.39 is 0 Å². The second-order valence-corrected chi connectivity index (χ2v) is 6.14. The number of aliphatic hydroxyl groups is 1. The molecule has 0 bridgehead atoms. The highest BCUT2D eigenvalue weighted by Gasteiger charge is 2.27. The number of fused-ring (bicyclic) bond motifs is 1. The first-order valence-electron chi connectivity index (χ1n) is 6.73. The van der Waals surface area contributed by atoms with Gasteiger partial charge in [-0.1, -0.05) is 58.4 Å². The third-order valence-corrected chi connectivity index (χ3v) is 4.70. The van der Waals surface area contributed by atoms with Gasteiger partial charge in [-0.25, -0.2) is 0 Å². The van der Waals surface area contributed by atoms with Crippen molar-refractivity contribution in [3.05, 3.63) is 69.7 Å². The van der Waals surface area contributed by atoms with Crippen molar-refractivity contribution in [1.82, 2.24) is 0 Å². The first-order chi connectivity index (χ1) is 9.24. The molecule has 2 atom stereocenters. The maximum absolute atomic E-state index is 10.3. The molecule has 0 heterocycles. The smallest absolute Gasteiger partial charge is 0.0586 e. The van der Waals surface area contributed by atoms with Crippen molar-refractivity contribution < 1.29 is 5.11 Å². The Morgan fingerprint density at radius 2 is 1.84 bits per heavy atom. The van der Waals surface area contributed by atoms with Crippen LogP contribution in [0.25, 0.3) is 0 Å². The monoisotopic (exact) mass is 316 g/mol. The summed E-state index contributed by atoms with van der Waals surface area (Å²) >= 11 is 3.54. The fourth-order valence-electron chi connectivity index (χ4n) is 2.90. The van der Waals surface area contributed by atoms with Crippen LogP contribution in [0, 0.1) is 0 Å². The summed E-state index contributed by atoms with van der Waals surface area (Å²) in [5.74, 6) is 0.536. The number of rotatable bonds is 4. The molecular weight excluding hydrogens is 300 g/mol. The summed E-state index contributed by atoms with van der Waals surface area (Å²) in [6.07, 6.45) is 2.43. The second kappa shape index (κ2) is 5.48. The van der Waals surface area contributed by atoms with Gasteiger partial charge < -0.3 is 5.11 Å². The van der Waals surface area contributed by atoms with Crippen molar-refractivity contribution in [2.75, 3.05) is 0 Å². The zero-order chi connectivity index (χ0) is 13.2. The van der Waals surface area contributed by atoms with Gasteiger partial charge in [0.05, 0.1) is 6.10 Å². The van der Waals surface area contributed by atoms with Crippen molar-refractivity contribution in [1.29, 1.82) is 0 Å². The molecule has 0 radical (unpaired) electrons. The molecule has 0 fully saturated rings. The standard InChI is InChI=1S/C17H17BrO/c18-17-8-4-2-6-13(17)10-15(19)11-14-9-12-5-1-3-7-16(12)14/h1-8,14-15,19H,9-11H2. The highest BCUT2D eigenvalue weighted by molar-refractivity contribution is 9.10. The Balaban J connectivity index is 1.62. The van der Waals surface area contributed by atoms with E-state index >= 15 is 0 Å². The number of hydrogen-bond acceptors (Lipinski definition) is 1. The number of halogens is 1. The molecule has 2 aromatic rings. The van der Waals surface area contributed by atoms with E-state index in [2.05, 4.69) is 46.3 Å². The van der Waals surface area contributed by atoms with Crippen LogP contribution in [0.4, 0.5) is 0 Å². The van der Waals surface area contributed by atoms with Crippen molar-refractivity contribution in [3.8, 4) is 0 Å². The van der Waals surface area contributed by atoms with E-state index in [0.29, 0.717) is 5.92 Å². The summed E-state index contributed by atoms with van der Waals surface area (Å²) in [5.41, 5.74) is 4.05. The molecule has 3 rings (SSSR count). The normalized spacial score (nSPS) is 18.5. The largest absolute Gasteiger partial charge is 0.393 e. The van der Waals surface area contributed by atoms with E-state index in [-0.39, 0.29) is 6.10 Å². The molecule has 0 amide bonds. The Morgan fingerprint density at radius 3 is 2.63 bits per heavy atom. The van der Waals surface area contributed by atoms with Crippen LogP contribution in [-0.2, 0) is 12.8 Å². The van der Waals surface area contributed by atoms with Gasteiger partial charge in [0.15, 0.2) is 0 Å². The van der Waals surface area contributed by atoms with Crippen LogP contribution in [0.3, 0.4) is 0 Å². The van der Waals surface area contributed by atoms with Crippen LogP contribution in [-0.4, -0.2) is 11.2 Å². The van der Waals surface area contributed by atoms with Crippen molar-refractivity contribution >= 4 is 15.9 Å². The van der Waals surface area contributed by atoms with Gasteiger partial charge in [0.1, 0.15) is 0 Å². The number of aliphatic hydroxyl groups excluding tert-OH is 1. The van der Waals surface area contributed by atoms with Gasteiger partial charge in [-0.3, -0.25) is 0 Å². The van der Waals surface area contributed by atoms with Gasteiger partial charge >= 0.3 is 0 Å². The predicted octanol–water partition coefficient (Wildman–Crippen LogP) is 4.08. The highest BCUT2D eigenvalue weighted by atomic mass is 79.9. The minimum absolute atomic E-state index is 0.267. The molecule has 2 aromatic carbocycles. The first kappa shape index (κ1) is 12.9. The van der Waals surface area contributed by atoms with E-state index in [9.17, 15) is 5.11 Å². The topological polar surface area (TPSA) is 20.2 Å². The fourth-order valence-corrected chi connectivity index (χ4v) is 3.35. The Morgan fingerprint density at radius 1 is 1.11 bits per heavy atom. The minimum atomic E-state index is -0.267. The summed E-state index contributed by atoms with van der Waals surface area (Å²) in [5, 5.41) is 10.3. The second-order valence-electron chi connectivity index (χ2n) is 5.28. The fraction of sp³-hybridized carbons (Fsp3) is 0.294. The Hall–Kier alpha value is -1.12. The van der Waals surface area contributed by atoms with Gasteiger partial charge in [-0.05, 0) is 47.9 Å². The SMILES string of the molecule is OC(Cc1ccccc1Br)CC1Cc2ccccc21. The van der Waals surface area contributed by atoms with E-state index in [1.54, 1.807) is 0 Å². The molecule has 0 aliphatic heterocycles. The third-order valence-electron chi connectivity index (χ3n) is 3.93. The molecule has 98 valence electrons. The van der Waals surface area contributed by atoms with Crippen LogP contribution in [0.2, 0.25) is 0 Å². The van der Waals surface area contributed by atoms with Gasteiger partial charge in [0.2, 0.25) is 0 Å². The zero-order valence-electron chi connectivity index (χ0n) is 10.7. The van der Waals surface area contributed by atoms with Crippen LogP contribution < -0.4 is 0 Å². The van der Waals surface area contributed by atoms with Crippen LogP contribution in [0.5, 0.6) is 0 Å². The summed E-state index contributed by atoms with van der Waals surface area (Å²) < 4.78 is 1.09. The first-order valence-corrected chi connectivity index (χ1v) is 7.52. The van der Waals surface area contributed by atoms with Gasteiger partial charge in [-0.15, -0.1) is 0 Å². The van der Waals surface area contributed by atoms with E-state index in [4.69, 9.17) is 0 Å². The van der Waals surface area contributed by atoms with Crippen LogP contribution in [0.1, 0.15) is 29.0 Å². The number of benzene rings is 2. The average Bonchev–Trinajstić information content (AvgIpc) is 2.39. The summed E-state index contributed by atoms with van der Waals surface area (Å²) in [6, 6.07) is 16.7. The quantitative estimate of drug-likeness (QED) is 0.901. The molecule has 1 aliphatic carbocycles. The number of hydrogen-bond donors (Lipinski definition) is 1. The molecular formula is C17H17BrO. The summed E-state index contributed by atoms with van der Waals surface area (Å²) in [6.45, 7) is 0. The lowest BCUT2D eigenvalue weighted by atomic mass is 9.74. The Labute approximate surface area is 122 Å². The lowest BCUT2D eigenvalue weighted by Gasteiger charge is -2.31. The molecule has 0 saturated heterocycles. The lowest BCUT2D eigenvalue weighted by Crippen LogP contribution is -2.23. The Kier molecular flexibility index (Phi) is 3.72. The van der Waals surface area contributed by atoms with E-state index in [1.807, 2.05) is 18.2 Å². The molecule has 0 saturated carbocycles. The van der Waals surface area contributed by atoms with Gasteiger partial charge in [0.25, 0.3) is 0 Å². The molecule has 0 aromatic heterocycles. The molecule has 1 aliphatic rings. The van der Waals surface area contributed by atoms with E-state index in [0.717, 1.165) is 23.7 Å². The zero-order valence-corrected chi connectivity index (χ0v) is 12.3. The summed E-state index contributed by atoms with van der Waals surface area (Å²) in [7, 11) is 0. The molecule has 1 nitrogen and oxygen atoms in total. The van der Waals surface area contributed by atoms with Gasteiger partial charge in [-0.2, -0.15) is 0 Å². The average molecular weight is 317 g/mol. The summed E-state index contributed by atoms with van der Waals surface area (Å²) in [4.78, 5) is 0. The van der Waals surface area contributed by atoms with Crippen molar-refractivity contribution in [2.45, 2.75) is 31.3 Å². The molecule has 2 heteroatoms. The van der Waals surface area contributed by atoms with Gasteiger partial charge in [0, 0.05) is 4.47 Å². The van der Waals surface area contributed by atoms with E-state index in [1.165, 1.54) is 16.7 Å². The lowest BCUT2D eigenvalue weighted by molar-refractivity contribution is 0.151.